The van der Waals surface area contributed by atoms with Crippen molar-refractivity contribution in [2.24, 2.45) is 10.9 Å². The second-order valence-corrected chi connectivity index (χ2v) is 4.80. The quantitative estimate of drug-likeness (QED) is 0.453. The maximum absolute atomic E-state index is 11.4. The zero-order valence-corrected chi connectivity index (χ0v) is 14.3. The van der Waals surface area contributed by atoms with Gasteiger partial charge in [0.25, 0.3) is 0 Å². The topological polar surface area (TPSA) is 81.2 Å². The van der Waals surface area contributed by atoms with Crippen LogP contribution in [-0.4, -0.2) is 46.3 Å². The number of ether oxygens (including phenoxy) is 3. The first-order valence-corrected chi connectivity index (χ1v) is 7.42. The van der Waals surface area contributed by atoms with Crippen LogP contribution in [0.25, 0.3) is 0 Å². The SMILES string of the molecule is CCOc1ccc(NC(=NC)NCC(C)C(=O)OC)cc1OC. The van der Waals surface area contributed by atoms with E-state index in [2.05, 4.69) is 15.6 Å². The van der Waals surface area contributed by atoms with E-state index in [1.165, 1.54) is 7.11 Å². The maximum Gasteiger partial charge on any atom is 0.310 e. The highest BCUT2D eigenvalue weighted by molar-refractivity contribution is 5.94. The molecule has 0 saturated heterocycles. The smallest absolute Gasteiger partial charge is 0.310 e. The van der Waals surface area contributed by atoms with E-state index in [-0.39, 0.29) is 11.9 Å². The molecule has 1 aromatic rings. The van der Waals surface area contributed by atoms with Gasteiger partial charge in [-0.05, 0) is 19.1 Å². The largest absolute Gasteiger partial charge is 0.493 e. The molecule has 0 aliphatic rings. The van der Waals surface area contributed by atoms with Crippen molar-refractivity contribution < 1.29 is 19.0 Å². The second-order valence-electron chi connectivity index (χ2n) is 4.80. The molecule has 0 bridgehead atoms. The molecule has 0 fully saturated rings. The Labute approximate surface area is 137 Å². The predicted octanol–water partition coefficient (Wildman–Crippen LogP) is 1.89. The monoisotopic (exact) mass is 323 g/mol. The van der Waals surface area contributed by atoms with E-state index in [4.69, 9.17) is 14.2 Å². The number of esters is 1. The Morgan fingerprint density at radius 2 is 2.04 bits per heavy atom. The van der Waals surface area contributed by atoms with Gasteiger partial charge in [0.15, 0.2) is 17.5 Å². The van der Waals surface area contributed by atoms with E-state index in [0.29, 0.717) is 30.6 Å². The van der Waals surface area contributed by atoms with Crippen molar-refractivity contribution in [3.63, 3.8) is 0 Å². The summed E-state index contributed by atoms with van der Waals surface area (Å²) in [7, 11) is 4.62. The van der Waals surface area contributed by atoms with Gasteiger partial charge in [0, 0.05) is 25.3 Å². The summed E-state index contributed by atoms with van der Waals surface area (Å²) < 4.78 is 15.5. The normalized spacial score (nSPS) is 12.3. The number of hydrogen-bond acceptors (Lipinski definition) is 5. The number of nitrogens with zero attached hydrogens (tertiary/aromatic N) is 1. The summed E-state index contributed by atoms with van der Waals surface area (Å²) in [6, 6.07) is 5.51. The van der Waals surface area contributed by atoms with E-state index < -0.39 is 0 Å². The Morgan fingerprint density at radius 3 is 2.61 bits per heavy atom. The van der Waals surface area contributed by atoms with Crippen molar-refractivity contribution in [1.82, 2.24) is 5.32 Å². The first kappa shape index (κ1) is 18.6. The molecule has 2 N–H and O–H groups in total. The Balaban J connectivity index is 2.70. The Kier molecular flexibility index (Phi) is 7.73. The van der Waals surface area contributed by atoms with Gasteiger partial charge in [0.05, 0.1) is 26.7 Å². The van der Waals surface area contributed by atoms with Crippen molar-refractivity contribution in [2.75, 3.05) is 39.7 Å². The average molecular weight is 323 g/mol. The van der Waals surface area contributed by atoms with Gasteiger partial charge in [0.2, 0.25) is 0 Å². The van der Waals surface area contributed by atoms with Gasteiger partial charge in [-0.1, -0.05) is 6.92 Å². The average Bonchev–Trinajstić information content (AvgIpc) is 2.58. The molecular weight excluding hydrogens is 298 g/mol. The third-order valence-corrected chi connectivity index (χ3v) is 3.13. The molecule has 1 aromatic carbocycles. The summed E-state index contributed by atoms with van der Waals surface area (Å²) in [5.41, 5.74) is 0.795. The maximum atomic E-state index is 11.4. The van der Waals surface area contributed by atoms with E-state index >= 15 is 0 Å². The molecule has 7 heteroatoms. The van der Waals surface area contributed by atoms with E-state index in [0.717, 1.165) is 5.69 Å². The Bertz CT molecular complexity index is 546. The molecule has 0 heterocycles. The summed E-state index contributed by atoms with van der Waals surface area (Å²) in [4.78, 5) is 15.5. The van der Waals surface area contributed by atoms with Crippen LogP contribution in [0.1, 0.15) is 13.8 Å². The molecule has 0 amide bonds. The summed E-state index contributed by atoms with van der Waals surface area (Å²) in [5.74, 6) is 1.33. The number of aliphatic imine (C=N–C) groups is 1. The molecule has 1 atom stereocenters. The van der Waals surface area contributed by atoms with Gasteiger partial charge in [-0.25, -0.2) is 0 Å². The molecule has 0 radical (unpaired) electrons. The number of guanidine groups is 1. The van der Waals surface area contributed by atoms with Crippen LogP contribution >= 0.6 is 0 Å². The van der Waals surface area contributed by atoms with Crippen LogP contribution in [0.15, 0.2) is 23.2 Å². The van der Waals surface area contributed by atoms with Crippen molar-refractivity contribution in [3.05, 3.63) is 18.2 Å². The lowest BCUT2D eigenvalue weighted by molar-refractivity contribution is -0.144. The number of nitrogens with one attached hydrogen (secondary N) is 2. The van der Waals surface area contributed by atoms with Gasteiger partial charge in [0.1, 0.15) is 0 Å². The van der Waals surface area contributed by atoms with Crippen LogP contribution in [0.5, 0.6) is 11.5 Å². The summed E-state index contributed by atoms with van der Waals surface area (Å²) in [6.45, 7) is 4.68. The van der Waals surface area contributed by atoms with Crippen LogP contribution < -0.4 is 20.1 Å². The minimum Gasteiger partial charge on any atom is -0.493 e. The van der Waals surface area contributed by atoms with Gasteiger partial charge in [-0.2, -0.15) is 0 Å². The molecule has 0 spiro atoms. The van der Waals surface area contributed by atoms with Crippen LogP contribution in [0.2, 0.25) is 0 Å². The first-order chi connectivity index (χ1) is 11.0. The Hall–Kier alpha value is -2.44. The van der Waals surface area contributed by atoms with E-state index in [1.807, 2.05) is 25.1 Å². The molecule has 128 valence electrons. The second kappa shape index (κ2) is 9.55. The highest BCUT2D eigenvalue weighted by Gasteiger charge is 2.13. The summed E-state index contributed by atoms with van der Waals surface area (Å²) >= 11 is 0. The van der Waals surface area contributed by atoms with Crippen LogP contribution in [0.4, 0.5) is 5.69 Å². The van der Waals surface area contributed by atoms with E-state index in [1.54, 1.807) is 21.1 Å². The molecular formula is C16H25N3O4. The molecule has 0 saturated carbocycles. The number of hydrogen-bond donors (Lipinski definition) is 2. The highest BCUT2D eigenvalue weighted by Crippen LogP contribution is 2.30. The lowest BCUT2D eigenvalue weighted by Gasteiger charge is -2.16. The lowest BCUT2D eigenvalue weighted by atomic mass is 10.2. The first-order valence-electron chi connectivity index (χ1n) is 7.42. The molecule has 0 aliphatic carbocycles. The van der Waals surface area contributed by atoms with Crippen LogP contribution in [-0.2, 0) is 9.53 Å². The summed E-state index contributed by atoms with van der Waals surface area (Å²) in [6.07, 6.45) is 0. The van der Waals surface area contributed by atoms with Crippen molar-refractivity contribution in [1.29, 1.82) is 0 Å². The standard InChI is InChI=1S/C16H25N3O4/c1-6-23-13-8-7-12(9-14(13)21-4)19-16(17-3)18-10-11(2)15(20)22-5/h7-9,11H,6,10H2,1-5H3,(H2,17,18,19). The molecule has 7 nitrogen and oxygen atoms in total. The van der Waals surface area contributed by atoms with Gasteiger partial charge < -0.3 is 24.8 Å². The van der Waals surface area contributed by atoms with Gasteiger partial charge >= 0.3 is 5.97 Å². The minimum absolute atomic E-state index is 0.268. The van der Waals surface area contributed by atoms with Crippen LogP contribution in [0, 0.1) is 5.92 Å². The van der Waals surface area contributed by atoms with Gasteiger partial charge in [-0.15, -0.1) is 0 Å². The van der Waals surface area contributed by atoms with Gasteiger partial charge in [-0.3, -0.25) is 9.79 Å². The molecule has 0 aromatic heterocycles. The van der Waals surface area contributed by atoms with Crippen LogP contribution in [0.3, 0.4) is 0 Å². The Morgan fingerprint density at radius 1 is 1.30 bits per heavy atom. The van der Waals surface area contributed by atoms with Crippen molar-refractivity contribution >= 4 is 17.6 Å². The molecule has 1 rings (SSSR count). The predicted molar refractivity (Wildman–Crippen MR) is 90.3 cm³/mol. The third-order valence-electron chi connectivity index (χ3n) is 3.13. The van der Waals surface area contributed by atoms with E-state index in [9.17, 15) is 4.79 Å². The van der Waals surface area contributed by atoms with Crippen molar-refractivity contribution in [2.45, 2.75) is 13.8 Å². The number of anilines is 1. The minimum atomic E-state index is -0.270. The number of rotatable bonds is 7. The fourth-order valence-electron chi connectivity index (χ4n) is 1.87. The number of methoxy groups -OCH3 is 2. The molecule has 1 unspecified atom stereocenters. The zero-order chi connectivity index (χ0) is 17.2. The molecule has 23 heavy (non-hydrogen) atoms. The summed E-state index contributed by atoms with van der Waals surface area (Å²) in [5, 5.41) is 6.21. The fraction of sp³-hybridized carbons (Fsp3) is 0.500. The zero-order valence-electron chi connectivity index (χ0n) is 14.3. The van der Waals surface area contributed by atoms with Crippen molar-refractivity contribution in [3.8, 4) is 11.5 Å². The number of carbonyl (C=O) groups excluding carboxylic acids is 1. The molecule has 0 aliphatic heterocycles. The number of benzene rings is 1. The number of carbonyl (C=O) groups is 1. The lowest BCUT2D eigenvalue weighted by Crippen LogP contribution is -2.36. The highest BCUT2D eigenvalue weighted by atomic mass is 16.5. The fourth-order valence-corrected chi connectivity index (χ4v) is 1.87. The third kappa shape index (κ3) is 5.69.